The maximum Gasteiger partial charge on any atom is 0.240 e. The van der Waals surface area contributed by atoms with E-state index in [0.717, 1.165) is 31.5 Å². The van der Waals surface area contributed by atoms with Crippen LogP contribution < -0.4 is 4.72 Å². The number of rotatable bonds is 4. The Labute approximate surface area is 135 Å². The first kappa shape index (κ1) is 17.4. The lowest BCUT2D eigenvalue weighted by Gasteiger charge is -2.28. The van der Waals surface area contributed by atoms with Crippen molar-refractivity contribution in [2.45, 2.75) is 43.9 Å². The first-order valence-corrected chi connectivity index (χ1v) is 9.45. The molecule has 0 aromatic heterocycles. The summed E-state index contributed by atoms with van der Waals surface area (Å²) < 4.78 is 27.5. The van der Waals surface area contributed by atoms with Crippen molar-refractivity contribution >= 4 is 10.0 Å². The minimum absolute atomic E-state index is 0.0316. The van der Waals surface area contributed by atoms with Gasteiger partial charge in [-0.2, -0.15) is 0 Å². The van der Waals surface area contributed by atoms with Gasteiger partial charge in [0.15, 0.2) is 0 Å². The highest BCUT2D eigenvalue weighted by atomic mass is 32.2. The summed E-state index contributed by atoms with van der Waals surface area (Å²) in [5.74, 6) is 0.444. The summed E-state index contributed by atoms with van der Waals surface area (Å²) in [6, 6.07) is 7.23. The van der Waals surface area contributed by atoms with Gasteiger partial charge in [0.2, 0.25) is 10.0 Å². The van der Waals surface area contributed by atoms with Crippen molar-refractivity contribution in [3.05, 3.63) is 29.8 Å². The molecule has 22 heavy (non-hydrogen) atoms. The molecule has 1 aromatic carbocycles. The van der Waals surface area contributed by atoms with Crippen molar-refractivity contribution in [1.82, 2.24) is 9.62 Å². The molecule has 1 aliphatic rings. The largest absolute Gasteiger partial charge is 0.306 e. The molecular formula is C17H28N2O2S. The smallest absolute Gasteiger partial charge is 0.240 e. The maximum atomic E-state index is 12.4. The first-order valence-electron chi connectivity index (χ1n) is 7.97. The van der Waals surface area contributed by atoms with Crippen molar-refractivity contribution in [3.63, 3.8) is 0 Å². The van der Waals surface area contributed by atoms with Crippen LogP contribution in [0.5, 0.6) is 0 Å². The zero-order valence-electron chi connectivity index (χ0n) is 14.1. The van der Waals surface area contributed by atoms with Gasteiger partial charge in [-0.05, 0) is 62.0 Å². The number of nitrogens with zero attached hydrogens (tertiary/aromatic N) is 1. The standard InChI is InChI=1S/C17H28N2O2S/c1-17(2,3)15-5-7-16(8-6-15)22(20,21)18-13-14-9-11-19(4)12-10-14/h5-8,14,18H,9-13H2,1-4H3. The molecule has 1 saturated heterocycles. The fourth-order valence-corrected chi connectivity index (χ4v) is 3.83. The minimum atomic E-state index is -3.40. The molecule has 0 atom stereocenters. The van der Waals surface area contributed by atoms with Crippen LogP contribution in [0.2, 0.25) is 0 Å². The number of piperidine rings is 1. The van der Waals surface area contributed by atoms with E-state index in [9.17, 15) is 8.42 Å². The Kier molecular flexibility index (Phi) is 5.30. The molecular weight excluding hydrogens is 296 g/mol. The van der Waals surface area contributed by atoms with E-state index >= 15 is 0 Å². The second kappa shape index (κ2) is 6.69. The van der Waals surface area contributed by atoms with Crippen LogP contribution in [0, 0.1) is 5.92 Å². The molecule has 0 unspecified atom stereocenters. The molecule has 4 nitrogen and oxygen atoms in total. The van der Waals surface area contributed by atoms with Crippen LogP contribution in [0.15, 0.2) is 29.2 Å². The predicted molar refractivity (Wildman–Crippen MR) is 90.6 cm³/mol. The highest BCUT2D eigenvalue weighted by Gasteiger charge is 2.21. The van der Waals surface area contributed by atoms with Crippen molar-refractivity contribution in [3.8, 4) is 0 Å². The summed E-state index contributed by atoms with van der Waals surface area (Å²) in [5.41, 5.74) is 1.17. The van der Waals surface area contributed by atoms with E-state index in [1.165, 1.54) is 0 Å². The number of hydrogen-bond donors (Lipinski definition) is 1. The molecule has 2 rings (SSSR count). The molecule has 1 aromatic rings. The van der Waals surface area contributed by atoms with E-state index in [2.05, 4.69) is 37.4 Å². The summed E-state index contributed by atoms with van der Waals surface area (Å²) in [6.45, 7) is 9.00. The fourth-order valence-electron chi connectivity index (χ4n) is 2.71. The van der Waals surface area contributed by atoms with Gasteiger partial charge in [0.25, 0.3) is 0 Å². The average Bonchev–Trinajstić information content (AvgIpc) is 2.46. The lowest BCUT2D eigenvalue weighted by Crippen LogP contribution is -2.36. The van der Waals surface area contributed by atoms with Gasteiger partial charge in [0.05, 0.1) is 4.90 Å². The lowest BCUT2D eigenvalue weighted by atomic mass is 9.87. The predicted octanol–water partition coefficient (Wildman–Crippen LogP) is 2.60. The highest BCUT2D eigenvalue weighted by molar-refractivity contribution is 7.89. The number of nitrogens with one attached hydrogen (secondary N) is 1. The molecule has 0 aliphatic carbocycles. The van der Waals surface area contributed by atoms with Gasteiger partial charge in [0.1, 0.15) is 0 Å². The van der Waals surface area contributed by atoms with E-state index in [4.69, 9.17) is 0 Å². The average molecular weight is 324 g/mol. The van der Waals surface area contributed by atoms with Crippen LogP contribution >= 0.6 is 0 Å². The summed E-state index contributed by atoms with van der Waals surface area (Å²) in [7, 11) is -1.29. The quantitative estimate of drug-likeness (QED) is 0.926. The molecule has 5 heteroatoms. The van der Waals surface area contributed by atoms with Crippen LogP contribution in [-0.4, -0.2) is 40.0 Å². The number of sulfonamides is 1. The Morgan fingerprint density at radius 2 is 1.68 bits per heavy atom. The molecule has 1 fully saturated rings. The molecule has 0 amide bonds. The Morgan fingerprint density at radius 1 is 1.14 bits per heavy atom. The lowest BCUT2D eigenvalue weighted by molar-refractivity contribution is 0.220. The van der Waals surface area contributed by atoms with Gasteiger partial charge in [-0.15, -0.1) is 0 Å². The monoisotopic (exact) mass is 324 g/mol. The first-order chi connectivity index (χ1) is 10.2. The zero-order valence-corrected chi connectivity index (χ0v) is 14.9. The van der Waals surface area contributed by atoms with E-state index in [1.54, 1.807) is 12.1 Å². The Hall–Kier alpha value is -0.910. The third kappa shape index (κ3) is 4.54. The molecule has 0 spiro atoms. The van der Waals surface area contributed by atoms with Crippen molar-refractivity contribution in [2.24, 2.45) is 5.92 Å². The van der Waals surface area contributed by atoms with Gasteiger partial charge in [0, 0.05) is 6.54 Å². The number of benzene rings is 1. The molecule has 1 N–H and O–H groups in total. The van der Waals surface area contributed by atoms with Crippen LogP contribution in [-0.2, 0) is 15.4 Å². The Morgan fingerprint density at radius 3 is 2.18 bits per heavy atom. The zero-order chi connectivity index (χ0) is 16.4. The summed E-state index contributed by atoms with van der Waals surface area (Å²) >= 11 is 0. The van der Waals surface area contributed by atoms with Gasteiger partial charge >= 0.3 is 0 Å². The summed E-state index contributed by atoms with van der Waals surface area (Å²) in [5, 5.41) is 0. The van der Waals surface area contributed by atoms with Crippen LogP contribution in [0.25, 0.3) is 0 Å². The SMILES string of the molecule is CN1CCC(CNS(=O)(=O)c2ccc(C(C)(C)C)cc2)CC1. The van der Waals surface area contributed by atoms with Crippen LogP contribution in [0.4, 0.5) is 0 Å². The van der Waals surface area contributed by atoms with Crippen LogP contribution in [0.1, 0.15) is 39.2 Å². The van der Waals surface area contributed by atoms with Crippen molar-refractivity contribution in [2.75, 3.05) is 26.7 Å². The molecule has 1 aliphatic heterocycles. The summed E-state index contributed by atoms with van der Waals surface area (Å²) in [4.78, 5) is 2.64. The van der Waals surface area contributed by atoms with E-state index in [1.807, 2.05) is 12.1 Å². The number of hydrogen-bond acceptors (Lipinski definition) is 3. The van der Waals surface area contributed by atoms with Gasteiger partial charge in [-0.3, -0.25) is 0 Å². The maximum absolute atomic E-state index is 12.4. The third-order valence-corrected chi connectivity index (χ3v) is 5.87. The molecule has 124 valence electrons. The second-order valence-corrected chi connectivity index (χ2v) is 9.14. The van der Waals surface area contributed by atoms with Crippen molar-refractivity contribution < 1.29 is 8.42 Å². The highest BCUT2D eigenvalue weighted by Crippen LogP contribution is 2.23. The molecule has 0 radical (unpaired) electrons. The normalized spacial score (nSPS) is 18.5. The third-order valence-electron chi connectivity index (χ3n) is 4.43. The summed E-state index contributed by atoms with van der Waals surface area (Å²) in [6.07, 6.45) is 2.12. The Balaban J connectivity index is 1.98. The number of likely N-dealkylation sites (tertiary alicyclic amines) is 1. The van der Waals surface area contributed by atoms with E-state index in [-0.39, 0.29) is 5.41 Å². The molecule has 0 bridgehead atoms. The van der Waals surface area contributed by atoms with Gasteiger partial charge < -0.3 is 4.90 Å². The van der Waals surface area contributed by atoms with Crippen LogP contribution in [0.3, 0.4) is 0 Å². The Bertz CT molecular complexity index is 580. The second-order valence-electron chi connectivity index (χ2n) is 7.37. The molecule has 0 saturated carbocycles. The van der Waals surface area contributed by atoms with E-state index < -0.39 is 10.0 Å². The van der Waals surface area contributed by atoms with Gasteiger partial charge in [-0.1, -0.05) is 32.9 Å². The topological polar surface area (TPSA) is 49.4 Å². The molecule has 1 heterocycles. The fraction of sp³-hybridized carbons (Fsp3) is 0.647. The van der Waals surface area contributed by atoms with Gasteiger partial charge in [-0.25, -0.2) is 13.1 Å². The van der Waals surface area contributed by atoms with Crippen molar-refractivity contribution in [1.29, 1.82) is 0 Å². The van der Waals surface area contributed by atoms with E-state index in [0.29, 0.717) is 17.4 Å². The minimum Gasteiger partial charge on any atom is -0.306 e.